The summed E-state index contributed by atoms with van der Waals surface area (Å²) >= 11 is 0. The maximum Gasteiger partial charge on any atom is 0.339 e. The van der Waals surface area contributed by atoms with Crippen LogP contribution in [-0.4, -0.2) is 15.5 Å². The van der Waals surface area contributed by atoms with Gasteiger partial charge in [0.1, 0.15) is 4.90 Å². The maximum atomic E-state index is 12.8. The first-order valence-corrected chi connectivity index (χ1v) is 8.74. The van der Waals surface area contributed by atoms with Crippen LogP contribution >= 0.6 is 0 Å². The molecular formula is C19H16O4S. The fourth-order valence-electron chi connectivity index (χ4n) is 2.39. The van der Waals surface area contributed by atoms with E-state index >= 15 is 0 Å². The van der Waals surface area contributed by atoms with Crippen molar-refractivity contribution >= 4 is 10.1 Å². The van der Waals surface area contributed by atoms with Crippen molar-refractivity contribution in [1.82, 2.24) is 0 Å². The molecule has 0 N–H and O–H groups in total. The molecule has 0 aliphatic rings. The highest BCUT2D eigenvalue weighted by molar-refractivity contribution is 7.87. The molecule has 0 saturated carbocycles. The lowest BCUT2D eigenvalue weighted by atomic mass is 10.1. The van der Waals surface area contributed by atoms with Gasteiger partial charge in [-0.1, -0.05) is 60.7 Å². The molecule has 0 aliphatic carbocycles. The molecule has 0 radical (unpaired) electrons. The number of hydrogen-bond acceptors (Lipinski definition) is 4. The van der Waals surface area contributed by atoms with Crippen LogP contribution in [0.15, 0.2) is 83.8 Å². The fraction of sp³-hybridized carbons (Fsp3) is 0.0526. The second-order valence-corrected chi connectivity index (χ2v) is 6.57. The van der Waals surface area contributed by atoms with Gasteiger partial charge in [0.2, 0.25) is 0 Å². The summed E-state index contributed by atoms with van der Waals surface area (Å²) in [6, 6.07) is 22.7. The van der Waals surface area contributed by atoms with Crippen LogP contribution in [0.4, 0.5) is 0 Å². The second kappa shape index (κ2) is 6.76. The zero-order chi connectivity index (χ0) is 17.0. The lowest BCUT2D eigenvalue weighted by Gasteiger charge is -2.13. The van der Waals surface area contributed by atoms with Gasteiger partial charge in [0.05, 0.1) is 7.11 Å². The first-order valence-electron chi connectivity index (χ1n) is 7.34. The van der Waals surface area contributed by atoms with Gasteiger partial charge in [-0.05, 0) is 23.8 Å². The van der Waals surface area contributed by atoms with E-state index in [1.54, 1.807) is 42.5 Å². The average Bonchev–Trinajstić information content (AvgIpc) is 2.62. The second-order valence-electron chi connectivity index (χ2n) is 5.05. The normalized spacial score (nSPS) is 11.0. The van der Waals surface area contributed by atoms with Gasteiger partial charge in [0.25, 0.3) is 0 Å². The van der Waals surface area contributed by atoms with Gasteiger partial charge in [-0.3, -0.25) is 0 Å². The minimum Gasteiger partial charge on any atom is -0.493 e. The molecule has 0 aliphatic heterocycles. The Morgan fingerprint density at radius 1 is 0.708 bits per heavy atom. The number of ether oxygens (including phenoxy) is 1. The quantitative estimate of drug-likeness (QED) is 0.655. The molecule has 0 spiro atoms. The van der Waals surface area contributed by atoms with E-state index in [1.165, 1.54) is 13.2 Å². The molecule has 3 aromatic carbocycles. The molecule has 0 fully saturated rings. The summed E-state index contributed by atoms with van der Waals surface area (Å²) in [4.78, 5) is 0.113. The van der Waals surface area contributed by atoms with Crippen molar-refractivity contribution in [2.24, 2.45) is 0 Å². The van der Waals surface area contributed by atoms with Crippen LogP contribution in [-0.2, 0) is 10.1 Å². The van der Waals surface area contributed by atoms with Crippen LogP contribution in [0, 0.1) is 0 Å². The van der Waals surface area contributed by atoms with Crippen LogP contribution in [0.2, 0.25) is 0 Å². The Balaban J connectivity index is 2.05. The third-order valence-corrected chi connectivity index (χ3v) is 4.80. The molecule has 0 unspecified atom stereocenters. The number of para-hydroxylation sites is 2. The van der Waals surface area contributed by atoms with Crippen molar-refractivity contribution in [3.8, 4) is 22.6 Å². The molecule has 0 amide bonds. The molecule has 0 saturated heterocycles. The number of hydrogen-bond donors (Lipinski definition) is 0. The van der Waals surface area contributed by atoms with E-state index in [1.807, 2.05) is 30.3 Å². The Labute approximate surface area is 141 Å². The van der Waals surface area contributed by atoms with Crippen LogP contribution in [0.3, 0.4) is 0 Å². The van der Waals surface area contributed by atoms with Crippen molar-refractivity contribution in [3.05, 3.63) is 78.9 Å². The summed E-state index contributed by atoms with van der Waals surface area (Å²) < 4.78 is 36.0. The third-order valence-electron chi connectivity index (χ3n) is 3.51. The molecule has 0 bridgehead atoms. The molecular weight excluding hydrogens is 324 g/mol. The summed E-state index contributed by atoms with van der Waals surface area (Å²) in [5, 5.41) is 0. The van der Waals surface area contributed by atoms with Crippen LogP contribution in [0.1, 0.15) is 0 Å². The predicted molar refractivity (Wildman–Crippen MR) is 92.7 cm³/mol. The maximum absolute atomic E-state index is 12.8. The lowest BCUT2D eigenvalue weighted by molar-refractivity contribution is 0.390. The highest BCUT2D eigenvalue weighted by atomic mass is 32.2. The van der Waals surface area contributed by atoms with Gasteiger partial charge >= 0.3 is 10.1 Å². The third kappa shape index (κ3) is 3.26. The zero-order valence-electron chi connectivity index (χ0n) is 13.0. The lowest BCUT2D eigenvalue weighted by Crippen LogP contribution is -2.11. The Kier molecular flexibility index (Phi) is 4.53. The smallest absolute Gasteiger partial charge is 0.339 e. The van der Waals surface area contributed by atoms with Crippen molar-refractivity contribution in [2.75, 3.05) is 7.11 Å². The van der Waals surface area contributed by atoms with E-state index in [-0.39, 0.29) is 10.6 Å². The first-order chi connectivity index (χ1) is 11.6. The number of benzene rings is 3. The van der Waals surface area contributed by atoms with Crippen LogP contribution < -0.4 is 8.92 Å². The van der Waals surface area contributed by atoms with Gasteiger partial charge in [0, 0.05) is 5.56 Å². The van der Waals surface area contributed by atoms with Crippen molar-refractivity contribution in [3.63, 3.8) is 0 Å². The monoisotopic (exact) mass is 340 g/mol. The summed E-state index contributed by atoms with van der Waals surface area (Å²) in [6.45, 7) is 0. The van der Waals surface area contributed by atoms with Gasteiger partial charge < -0.3 is 8.92 Å². The molecule has 0 aromatic heterocycles. The Bertz CT molecular complexity index is 934. The number of methoxy groups -OCH3 is 1. The SMILES string of the molecule is COc1ccccc1OS(=O)(=O)c1ccccc1-c1ccccc1. The van der Waals surface area contributed by atoms with E-state index < -0.39 is 10.1 Å². The largest absolute Gasteiger partial charge is 0.493 e. The minimum atomic E-state index is -4.00. The van der Waals surface area contributed by atoms with E-state index in [0.29, 0.717) is 11.3 Å². The predicted octanol–water partition coefficient (Wildman–Crippen LogP) is 4.13. The van der Waals surface area contributed by atoms with E-state index in [9.17, 15) is 8.42 Å². The Morgan fingerprint density at radius 2 is 1.29 bits per heavy atom. The van der Waals surface area contributed by atoms with E-state index in [0.717, 1.165) is 5.56 Å². The van der Waals surface area contributed by atoms with Crippen molar-refractivity contribution in [1.29, 1.82) is 0 Å². The molecule has 0 atom stereocenters. The molecule has 24 heavy (non-hydrogen) atoms. The van der Waals surface area contributed by atoms with Crippen molar-refractivity contribution in [2.45, 2.75) is 4.90 Å². The van der Waals surface area contributed by atoms with Gasteiger partial charge in [-0.25, -0.2) is 0 Å². The molecule has 122 valence electrons. The fourth-order valence-corrected chi connectivity index (χ4v) is 3.56. The standard InChI is InChI=1S/C19H16O4S/c1-22-17-12-6-7-13-18(17)23-24(20,21)19-14-8-5-11-16(19)15-9-3-2-4-10-15/h2-14H,1H3. The minimum absolute atomic E-state index is 0.113. The molecule has 4 nitrogen and oxygen atoms in total. The zero-order valence-corrected chi connectivity index (χ0v) is 13.9. The molecule has 5 heteroatoms. The first kappa shape index (κ1) is 16.1. The highest BCUT2D eigenvalue weighted by Gasteiger charge is 2.22. The summed E-state index contributed by atoms with van der Waals surface area (Å²) in [5.41, 5.74) is 1.40. The highest BCUT2D eigenvalue weighted by Crippen LogP contribution is 2.32. The summed E-state index contributed by atoms with van der Waals surface area (Å²) in [6.07, 6.45) is 0. The Morgan fingerprint density at radius 3 is 2.00 bits per heavy atom. The van der Waals surface area contributed by atoms with Crippen molar-refractivity contribution < 1.29 is 17.3 Å². The van der Waals surface area contributed by atoms with Crippen LogP contribution in [0.25, 0.3) is 11.1 Å². The molecule has 0 heterocycles. The van der Waals surface area contributed by atoms with Gasteiger partial charge in [-0.15, -0.1) is 0 Å². The van der Waals surface area contributed by atoms with Gasteiger partial charge in [-0.2, -0.15) is 8.42 Å². The molecule has 3 rings (SSSR count). The summed E-state index contributed by atoms with van der Waals surface area (Å²) in [5.74, 6) is 0.515. The average molecular weight is 340 g/mol. The topological polar surface area (TPSA) is 52.6 Å². The van der Waals surface area contributed by atoms with E-state index in [4.69, 9.17) is 8.92 Å². The van der Waals surface area contributed by atoms with Gasteiger partial charge in [0.15, 0.2) is 11.5 Å². The summed E-state index contributed by atoms with van der Waals surface area (Å²) in [7, 11) is -2.54. The number of rotatable bonds is 5. The van der Waals surface area contributed by atoms with Crippen LogP contribution in [0.5, 0.6) is 11.5 Å². The Hall–Kier alpha value is -2.79. The van der Waals surface area contributed by atoms with E-state index in [2.05, 4.69) is 0 Å². The molecule has 3 aromatic rings.